The Morgan fingerprint density at radius 3 is 2.72 bits per heavy atom. The minimum absolute atomic E-state index is 0.755. The first-order valence-corrected chi connectivity index (χ1v) is 9.19. The van der Waals surface area contributed by atoms with E-state index in [9.17, 15) is 0 Å². The van der Waals surface area contributed by atoms with Gasteiger partial charge in [0, 0.05) is 18.7 Å². The Hall–Kier alpha value is -2.35. The highest BCUT2D eigenvalue weighted by molar-refractivity contribution is 7.19. The van der Waals surface area contributed by atoms with E-state index in [0.717, 1.165) is 54.2 Å². The third kappa shape index (κ3) is 2.80. The van der Waals surface area contributed by atoms with Gasteiger partial charge >= 0.3 is 0 Å². The number of hydrogen-bond acceptors (Lipinski definition) is 6. The molecule has 1 fully saturated rings. The van der Waals surface area contributed by atoms with E-state index in [1.807, 2.05) is 4.52 Å². The van der Waals surface area contributed by atoms with Crippen LogP contribution in [0.1, 0.15) is 5.82 Å². The van der Waals surface area contributed by atoms with Gasteiger partial charge in [-0.3, -0.25) is 4.90 Å². The van der Waals surface area contributed by atoms with Crippen LogP contribution in [0.4, 0.5) is 0 Å². The molecule has 4 aromatic rings. The fraction of sp³-hybridized carbons (Fsp3) is 0.278. The van der Waals surface area contributed by atoms with E-state index in [0.29, 0.717) is 0 Å². The van der Waals surface area contributed by atoms with Crippen LogP contribution in [0.2, 0.25) is 0 Å². The van der Waals surface area contributed by atoms with Crippen molar-refractivity contribution in [3.05, 3.63) is 48.3 Å². The molecule has 0 saturated carbocycles. The summed E-state index contributed by atoms with van der Waals surface area (Å²) in [6, 6.07) is 14.8. The molecule has 1 saturated heterocycles. The number of aromatic nitrogens is 4. The summed E-state index contributed by atoms with van der Waals surface area (Å²) in [7, 11) is 0. The SMILES string of the molecule is c1ccc2cc(-c3nn4c(CN5CCOCC5)nnc4s3)ccc2c1. The zero-order chi connectivity index (χ0) is 16.6. The van der Waals surface area contributed by atoms with Gasteiger partial charge in [0.1, 0.15) is 5.01 Å². The third-order valence-corrected chi connectivity index (χ3v) is 5.47. The van der Waals surface area contributed by atoms with Crippen LogP contribution in [0, 0.1) is 0 Å². The zero-order valence-corrected chi connectivity index (χ0v) is 14.4. The average Bonchev–Trinajstić information content (AvgIpc) is 3.24. The lowest BCUT2D eigenvalue weighted by Crippen LogP contribution is -2.36. The Morgan fingerprint density at radius 1 is 1.00 bits per heavy atom. The van der Waals surface area contributed by atoms with Crippen molar-refractivity contribution in [3.8, 4) is 10.6 Å². The molecule has 0 spiro atoms. The molecule has 0 aliphatic carbocycles. The number of morpholine rings is 1. The van der Waals surface area contributed by atoms with Crippen molar-refractivity contribution in [3.63, 3.8) is 0 Å². The molecule has 25 heavy (non-hydrogen) atoms. The topological polar surface area (TPSA) is 55.5 Å². The molecule has 0 bridgehead atoms. The fourth-order valence-corrected chi connectivity index (χ4v) is 4.01. The van der Waals surface area contributed by atoms with E-state index in [1.54, 1.807) is 11.3 Å². The second-order valence-electron chi connectivity index (χ2n) is 6.17. The van der Waals surface area contributed by atoms with Crippen LogP contribution < -0.4 is 0 Å². The van der Waals surface area contributed by atoms with Gasteiger partial charge in [-0.2, -0.15) is 9.61 Å². The number of fused-ring (bicyclic) bond motifs is 2. The molecule has 2 aromatic heterocycles. The van der Waals surface area contributed by atoms with E-state index in [4.69, 9.17) is 9.84 Å². The lowest BCUT2D eigenvalue weighted by atomic mass is 10.1. The number of ether oxygens (including phenoxy) is 1. The van der Waals surface area contributed by atoms with Gasteiger partial charge in [0.05, 0.1) is 19.8 Å². The smallest absolute Gasteiger partial charge is 0.235 e. The second-order valence-corrected chi connectivity index (χ2v) is 7.12. The summed E-state index contributed by atoms with van der Waals surface area (Å²) in [4.78, 5) is 3.17. The van der Waals surface area contributed by atoms with Gasteiger partial charge in [-0.15, -0.1) is 10.2 Å². The molecule has 0 radical (unpaired) electrons. The van der Waals surface area contributed by atoms with Crippen LogP contribution in [-0.2, 0) is 11.3 Å². The molecule has 0 N–H and O–H groups in total. The Balaban J connectivity index is 1.49. The van der Waals surface area contributed by atoms with Crippen molar-refractivity contribution in [2.24, 2.45) is 0 Å². The van der Waals surface area contributed by atoms with Gasteiger partial charge in [-0.05, 0) is 16.8 Å². The molecular formula is C18H17N5OS. The van der Waals surface area contributed by atoms with E-state index >= 15 is 0 Å². The maximum absolute atomic E-state index is 5.41. The number of nitrogens with zero attached hydrogens (tertiary/aromatic N) is 5. The van der Waals surface area contributed by atoms with Crippen LogP contribution >= 0.6 is 11.3 Å². The summed E-state index contributed by atoms with van der Waals surface area (Å²) in [5.41, 5.74) is 1.12. The number of hydrogen-bond donors (Lipinski definition) is 0. The summed E-state index contributed by atoms with van der Waals surface area (Å²) in [6.45, 7) is 4.17. The van der Waals surface area contributed by atoms with Crippen LogP contribution in [-0.4, -0.2) is 51.0 Å². The monoisotopic (exact) mass is 351 g/mol. The van der Waals surface area contributed by atoms with Crippen molar-refractivity contribution in [2.75, 3.05) is 26.3 Å². The average molecular weight is 351 g/mol. The number of benzene rings is 2. The Morgan fingerprint density at radius 2 is 1.84 bits per heavy atom. The molecule has 6 nitrogen and oxygen atoms in total. The molecular weight excluding hydrogens is 334 g/mol. The standard InChI is InChI=1S/C18H17N5OS/c1-2-4-14-11-15(6-5-13(14)3-1)17-21-23-16(19-20-18(23)25-17)12-22-7-9-24-10-8-22/h1-6,11H,7-10,12H2. The van der Waals surface area contributed by atoms with Gasteiger partial charge in [0.15, 0.2) is 5.82 Å². The van der Waals surface area contributed by atoms with Crippen molar-refractivity contribution in [1.29, 1.82) is 0 Å². The van der Waals surface area contributed by atoms with Gasteiger partial charge in [0.2, 0.25) is 4.96 Å². The summed E-state index contributed by atoms with van der Waals surface area (Å²) in [5, 5.41) is 16.8. The molecule has 126 valence electrons. The largest absolute Gasteiger partial charge is 0.379 e. The van der Waals surface area contributed by atoms with Crippen LogP contribution in [0.15, 0.2) is 42.5 Å². The highest BCUT2D eigenvalue weighted by Gasteiger charge is 2.17. The fourth-order valence-electron chi connectivity index (χ4n) is 3.15. The summed E-state index contributed by atoms with van der Waals surface area (Å²) < 4.78 is 7.29. The molecule has 1 aliphatic heterocycles. The molecule has 3 heterocycles. The van der Waals surface area contributed by atoms with E-state index in [2.05, 4.69) is 57.6 Å². The Bertz CT molecular complexity index is 1030. The lowest BCUT2D eigenvalue weighted by molar-refractivity contribution is 0.0328. The van der Waals surface area contributed by atoms with Gasteiger partial charge in [-0.25, -0.2) is 0 Å². The molecule has 5 rings (SSSR count). The first-order chi connectivity index (χ1) is 12.4. The Labute approximate surface area is 148 Å². The van der Waals surface area contributed by atoms with Crippen molar-refractivity contribution >= 4 is 27.1 Å². The molecule has 0 unspecified atom stereocenters. The molecule has 0 amide bonds. The minimum Gasteiger partial charge on any atom is -0.379 e. The first kappa shape index (κ1) is 14.9. The van der Waals surface area contributed by atoms with Crippen LogP contribution in [0.3, 0.4) is 0 Å². The zero-order valence-electron chi connectivity index (χ0n) is 13.6. The van der Waals surface area contributed by atoms with E-state index in [-0.39, 0.29) is 0 Å². The van der Waals surface area contributed by atoms with Gasteiger partial charge in [0.25, 0.3) is 0 Å². The minimum atomic E-state index is 0.755. The van der Waals surface area contributed by atoms with Crippen molar-refractivity contribution < 1.29 is 4.74 Å². The van der Waals surface area contributed by atoms with E-state index < -0.39 is 0 Å². The molecule has 7 heteroatoms. The normalized spacial score (nSPS) is 16.0. The highest BCUT2D eigenvalue weighted by atomic mass is 32.1. The first-order valence-electron chi connectivity index (χ1n) is 8.37. The lowest BCUT2D eigenvalue weighted by Gasteiger charge is -2.25. The third-order valence-electron chi connectivity index (χ3n) is 4.52. The second kappa shape index (κ2) is 6.18. The quantitative estimate of drug-likeness (QED) is 0.568. The van der Waals surface area contributed by atoms with Gasteiger partial charge in [-0.1, -0.05) is 47.7 Å². The summed E-state index contributed by atoms with van der Waals surface area (Å²) >= 11 is 1.58. The van der Waals surface area contributed by atoms with Gasteiger partial charge < -0.3 is 4.74 Å². The van der Waals surface area contributed by atoms with Crippen molar-refractivity contribution in [1.82, 2.24) is 24.7 Å². The Kier molecular flexibility index (Phi) is 3.70. The summed E-state index contributed by atoms with van der Waals surface area (Å²) in [5.74, 6) is 0.889. The van der Waals surface area contributed by atoms with Crippen LogP contribution in [0.5, 0.6) is 0 Å². The van der Waals surface area contributed by atoms with E-state index in [1.165, 1.54) is 10.8 Å². The molecule has 0 atom stereocenters. The predicted octanol–water partition coefficient (Wildman–Crippen LogP) is 2.84. The van der Waals surface area contributed by atoms with Crippen molar-refractivity contribution in [2.45, 2.75) is 6.54 Å². The maximum Gasteiger partial charge on any atom is 0.235 e. The summed E-state index contributed by atoms with van der Waals surface area (Å²) in [6.07, 6.45) is 0. The number of rotatable bonds is 3. The van der Waals surface area contributed by atoms with Crippen LogP contribution in [0.25, 0.3) is 26.3 Å². The molecule has 2 aromatic carbocycles. The molecule has 1 aliphatic rings. The predicted molar refractivity (Wildman–Crippen MR) is 97.7 cm³/mol. The maximum atomic E-state index is 5.41. The highest BCUT2D eigenvalue weighted by Crippen LogP contribution is 2.28.